The Kier molecular flexibility index (Phi) is 2.65. The number of thioether (sulfide) groups is 1. The molecule has 0 aromatic rings. The topological polar surface area (TPSA) is 29.5 Å². The maximum atomic E-state index is 11.8. The fourth-order valence-corrected chi connectivity index (χ4v) is 3.30. The van der Waals surface area contributed by atoms with Gasteiger partial charge < -0.3 is 9.64 Å². The van der Waals surface area contributed by atoms with Crippen LogP contribution in [-0.4, -0.2) is 41.2 Å². The first-order valence-electron chi connectivity index (χ1n) is 5.46. The Morgan fingerprint density at radius 2 is 2.07 bits per heavy atom. The lowest BCUT2D eigenvalue weighted by Gasteiger charge is -2.37. The monoisotopic (exact) mass is 229 g/mol. The van der Waals surface area contributed by atoms with Gasteiger partial charge in [0.15, 0.2) is 0 Å². The fourth-order valence-electron chi connectivity index (χ4n) is 2.04. The van der Waals surface area contributed by atoms with Gasteiger partial charge in [-0.1, -0.05) is 0 Å². The van der Waals surface area contributed by atoms with Gasteiger partial charge in [0.05, 0.1) is 0 Å². The molecule has 2 aliphatic heterocycles. The van der Waals surface area contributed by atoms with Crippen LogP contribution in [0.25, 0.3) is 0 Å². The molecule has 0 aromatic heterocycles. The van der Waals surface area contributed by atoms with Crippen LogP contribution in [0.2, 0.25) is 0 Å². The van der Waals surface area contributed by atoms with Gasteiger partial charge in [-0.05, 0) is 27.2 Å². The van der Waals surface area contributed by atoms with Crippen LogP contribution in [0, 0.1) is 5.41 Å². The maximum Gasteiger partial charge on any atom is 0.410 e. The third-order valence-corrected chi connectivity index (χ3v) is 4.54. The minimum atomic E-state index is -0.374. The van der Waals surface area contributed by atoms with Crippen LogP contribution < -0.4 is 0 Å². The van der Waals surface area contributed by atoms with E-state index in [1.165, 1.54) is 11.5 Å². The van der Waals surface area contributed by atoms with Gasteiger partial charge in [0.25, 0.3) is 0 Å². The molecule has 1 spiro atoms. The number of nitrogens with zero attached hydrogens (tertiary/aromatic N) is 1. The number of ether oxygens (including phenoxy) is 1. The Labute approximate surface area is 95.5 Å². The Morgan fingerprint density at radius 1 is 1.40 bits per heavy atom. The van der Waals surface area contributed by atoms with Crippen molar-refractivity contribution in [2.45, 2.75) is 32.8 Å². The zero-order chi connectivity index (χ0) is 11.1. The normalized spacial score (nSPS) is 24.1. The zero-order valence-electron chi connectivity index (χ0n) is 9.71. The largest absolute Gasteiger partial charge is 0.444 e. The first-order valence-corrected chi connectivity index (χ1v) is 6.61. The second-order valence-corrected chi connectivity index (χ2v) is 6.63. The molecule has 0 unspecified atom stereocenters. The van der Waals surface area contributed by atoms with E-state index in [1.807, 2.05) is 37.4 Å². The number of hydrogen-bond donors (Lipinski definition) is 0. The van der Waals surface area contributed by atoms with Crippen molar-refractivity contribution in [2.75, 3.05) is 24.6 Å². The summed E-state index contributed by atoms with van der Waals surface area (Å²) in [5.74, 6) is 2.43. The molecule has 15 heavy (non-hydrogen) atoms. The van der Waals surface area contributed by atoms with Gasteiger partial charge in [0, 0.05) is 30.0 Å². The van der Waals surface area contributed by atoms with Gasteiger partial charge >= 0.3 is 6.09 Å². The van der Waals surface area contributed by atoms with Gasteiger partial charge in [-0.25, -0.2) is 4.79 Å². The molecular weight excluding hydrogens is 210 g/mol. The SMILES string of the molecule is CC(C)(C)OC(=O)N1CCC2(CSC2)C1. The van der Waals surface area contributed by atoms with Crippen molar-refractivity contribution in [2.24, 2.45) is 5.41 Å². The van der Waals surface area contributed by atoms with Gasteiger partial charge in [-0.2, -0.15) is 11.8 Å². The molecule has 0 saturated carbocycles. The Bertz CT molecular complexity index is 268. The average molecular weight is 229 g/mol. The summed E-state index contributed by atoms with van der Waals surface area (Å²) in [4.78, 5) is 13.7. The predicted molar refractivity (Wildman–Crippen MR) is 62.2 cm³/mol. The summed E-state index contributed by atoms with van der Waals surface area (Å²) in [5, 5.41) is 0. The average Bonchev–Trinajstić information content (AvgIpc) is 2.43. The van der Waals surface area contributed by atoms with E-state index in [4.69, 9.17) is 4.74 Å². The van der Waals surface area contributed by atoms with E-state index in [1.54, 1.807) is 0 Å². The molecule has 4 heteroatoms. The highest BCUT2D eigenvalue weighted by Crippen LogP contribution is 2.45. The molecule has 1 amide bonds. The second kappa shape index (κ2) is 3.58. The van der Waals surface area contributed by atoms with Crippen LogP contribution in [-0.2, 0) is 4.74 Å². The molecule has 0 N–H and O–H groups in total. The molecule has 2 aliphatic rings. The van der Waals surface area contributed by atoms with Gasteiger partial charge in [-0.3, -0.25) is 0 Å². The zero-order valence-corrected chi connectivity index (χ0v) is 10.5. The lowest BCUT2D eigenvalue weighted by Crippen LogP contribution is -2.41. The number of likely N-dealkylation sites (tertiary alicyclic amines) is 1. The van der Waals surface area contributed by atoms with E-state index >= 15 is 0 Å². The van der Waals surface area contributed by atoms with E-state index < -0.39 is 0 Å². The number of carbonyl (C=O) groups is 1. The highest BCUT2D eigenvalue weighted by Gasteiger charge is 2.45. The van der Waals surface area contributed by atoms with Crippen LogP contribution >= 0.6 is 11.8 Å². The highest BCUT2D eigenvalue weighted by molar-refractivity contribution is 8.00. The predicted octanol–water partition coefficient (Wildman–Crippen LogP) is 2.36. The molecular formula is C11H19NO2S. The molecule has 0 radical (unpaired) electrons. The van der Waals surface area contributed by atoms with Gasteiger partial charge in [0.1, 0.15) is 5.60 Å². The molecule has 2 fully saturated rings. The molecule has 86 valence electrons. The quantitative estimate of drug-likeness (QED) is 0.638. The molecule has 0 bridgehead atoms. The summed E-state index contributed by atoms with van der Waals surface area (Å²) in [7, 11) is 0. The van der Waals surface area contributed by atoms with Crippen molar-refractivity contribution in [3.63, 3.8) is 0 Å². The molecule has 2 saturated heterocycles. The summed E-state index contributed by atoms with van der Waals surface area (Å²) in [6.07, 6.45) is 1.01. The minimum absolute atomic E-state index is 0.142. The van der Waals surface area contributed by atoms with E-state index in [2.05, 4.69) is 0 Å². The molecule has 0 aliphatic carbocycles. The van der Waals surface area contributed by atoms with Crippen molar-refractivity contribution >= 4 is 17.9 Å². The van der Waals surface area contributed by atoms with Crippen LogP contribution in [0.5, 0.6) is 0 Å². The standard InChI is InChI=1S/C11H19NO2S/c1-10(2,3)14-9(13)12-5-4-11(6-12)7-15-8-11/h4-8H2,1-3H3. The van der Waals surface area contributed by atoms with Crippen LogP contribution in [0.1, 0.15) is 27.2 Å². The summed E-state index contributed by atoms with van der Waals surface area (Å²) in [6, 6.07) is 0. The van der Waals surface area contributed by atoms with Gasteiger partial charge in [-0.15, -0.1) is 0 Å². The molecule has 3 nitrogen and oxygen atoms in total. The van der Waals surface area contributed by atoms with Crippen molar-refractivity contribution < 1.29 is 9.53 Å². The highest BCUT2D eigenvalue weighted by atomic mass is 32.2. The van der Waals surface area contributed by atoms with Crippen LogP contribution in [0.3, 0.4) is 0 Å². The smallest absolute Gasteiger partial charge is 0.410 e. The number of hydrogen-bond acceptors (Lipinski definition) is 3. The third kappa shape index (κ3) is 2.41. The number of amides is 1. The number of rotatable bonds is 0. The Morgan fingerprint density at radius 3 is 2.47 bits per heavy atom. The Hall–Kier alpha value is -0.380. The molecule has 2 rings (SSSR count). The van der Waals surface area contributed by atoms with Crippen LogP contribution in [0.4, 0.5) is 4.79 Å². The maximum absolute atomic E-state index is 11.8. The van der Waals surface area contributed by atoms with Crippen molar-refractivity contribution in [1.29, 1.82) is 0 Å². The van der Waals surface area contributed by atoms with E-state index in [-0.39, 0.29) is 11.7 Å². The van der Waals surface area contributed by atoms with Crippen molar-refractivity contribution in [3.05, 3.63) is 0 Å². The lowest BCUT2D eigenvalue weighted by atomic mass is 9.91. The van der Waals surface area contributed by atoms with Crippen molar-refractivity contribution in [1.82, 2.24) is 4.90 Å². The number of carbonyl (C=O) groups excluding carboxylic acids is 1. The summed E-state index contributed by atoms with van der Waals surface area (Å²) >= 11 is 1.98. The third-order valence-electron chi connectivity index (χ3n) is 2.91. The van der Waals surface area contributed by atoms with Gasteiger partial charge in [0.2, 0.25) is 0 Å². The molecule has 0 aromatic carbocycles. The first kappa shape index (κ1) is 11.1. The second-order valence-electron chi connectivity index (χ2n) is 5.64. The van der Waals surface area contributed by atoms with E-state index in [0.717, 1.165) is 19.5 Å². The van der Waals surface area contributed by atoms with E-state index in [9.17, 15) is 4.79 Å². The summed E-state index contributed by atoms with van der Waals surface area (Å²) in [6.45, 7) is 7.51. The Balaban J connectivity index is 1.88. The summed E-state index contributed by atoms with van der Waals surface area (Å²) in [5.41, 5.74) is 0.0583. The fraction of sp³-hybridized carbons (Fsp3) is 0.909. The summed E-state index contributed by atoms with van der Waals surface area (Å²) < 4.78 is 5.36. The molecule has 0 atom stereocenters. The lowest BCUT2D eigenvalue weighted by molar-refractivity contribution is 0.0278. The first-order chi connectivity index (χ1) is 6.90. The molecule has 2 heterocycles. The van der Waals surface area contributed by atoms with E-state index in [0.29, 0.717) is 5.41 Å². The minimum Gasteiger partial charge on any atom is -0.444 e. The van der Waals surface area contributed by atoms with Crippen molar-refractivity contribution in [3.8, 4) is 0 Å². The van der Waals surface area contributed by atoms with Crippen LogP contribution in [0.15, 0.2) is 0 Å².